The van der Waals surface area contributed by atoms with E-state index in [0.29, 0.717) is 5.01 Å². The Morgan fingerprint density at radius 2 is 2.71 bits per heavy atom. The molecular formula is C3H4N2OS. The van der Waals surface area contributed by atoms with Gasteiger partial charge in [-0.2, -0.15) is 0 Å². The molecular weight excluding hydrogens is 112 g/mol. The first-order valence-electron chi connectivity index (χ1n) is 1.79. The summed E-state index contributed by atoms with van der Waals surface area (Å²) in [6.07, 6.45) is 0. The predicted molar refractivity (Wildman–Crippen MR) is 25.8 cm³/mol. The van der Waals surface area contributed by atoms with Gasteiger partial charge in [0.25, 0.3) is 0 Å². The van der Waals surface area contributed by atoms with Crippen molar-refractivity contribution in [1.82, 2.24) is 10.2 Å². The highest BCUT2D eigenvalue weighted by molar-refractivity contribution is 7.09. The number of rotatable bonds is 1. The summed E-state index contributed by atoms with van der Waals surface area (Å²) in [7, 11) is 0. The Bertz CT molecular complexity index is 127. The lowest BCUT2D eigenvalue weighted by molar-refractivity contribution is 0.280. The van der Waals surface area contributed by atoms with E-state index in [9.17, 15) is 0 Å². The summed E-state index contributed by atoms with van der Waals surface area (Å²) >= 11 is 1.35. The fraction of sp³-hybridized carbons (Fsp3) is 0.333. The fourth-order valence-electron chi connectivity index (χ4n) is 0.265. The molecule has 1 aromatic heterocycles. The topological polar surface area (TPSA) is 46.0 Å². The quantitative estimate of drug-likeness (QED) is 0.563. The highest BCUT2D eigenvalue weighted by Crippen LogP contribution is 1.98. The Hall–Kier alpha value is -0.480. The lowest BCUT2D eigenvalue weighted by atomic mass is 10.8. The van der Waals surface area contributed by atoms with Crippen molar-refractivity contribution >= 4 is 11.3 Å². The number of aromatic nitrogens is 2. The van der Waals surface area contributed by atoms with Gasteiger partial charge in [-0.3, -0.25) is 0 Å². The summed E-state index contributed by atoms with van der Waals surface area (Å²) in [6, 6.07) is 0. The third-order valence-corrected chi connectivity index (χ3v) is 1.22. The Balaban J connectivity index is 2.76. The average Bonchev–Trinajstić information content (AvgIpc) is 2.14. The molecule has 0 fully saturated rings. The fourth-order valence-corrected chi connectivity index (χ4v) is 0.650. The van der Waals surface area contributed by atoms with Crippen LogP contribution in [0.15, 0.2) is 5.51 Å². The number of hydrogen-bond donors (Lipinski definition) is 1. The van der Waals surface area contributed by atoms with Crippen LogP contribution in [-0.2, 0) is 6.61 Å². The van der Waals surface area contributed by atoms with Gasteiger partial charge in [0, 0.05) is 0 Å². The first-order valence-corrected chi connectivity index (χ1v) is 2.67. The summed E-state index contributed by atoms with van der Waals surface area (Å²) in [5.41, 5.74) is 1.59. The summed E-state index contributed by atoms with van der Waals surface area (Å²) in [4.78, 5) is 0. The van der Waals surface area contributed by atoms with Crippen LogP contribution in [0.4, 0.5) is 0 Å². The molecule has 0 amide bonds. The highest BCUT2D eigenvalue weighted by Gasteiger charge is 1.87. The zero-order valence-corrected chi connectivity index (χ0v) is 4.35. The molecule has 0 radical (unpaired) electrons. The van der Waals surface area contributed by atoms with Crippen molar-refractivity contribution in [2.75, 3.05) is 0 Å². The van der Waals surface area contributed by atoms with Crippen LogP contribution < -0.4 is 0 Å². The lowest BCUT2D eigenvalue weighted by Crippen LogP contribution is -1.77. The largest absolute Gasteiger partial charge is 0.389 e. The molecule has 0 saturated heterocycles. The van der Waals surface area contributed by atoms with Crippen molar-refractivity contribution in [2.45, 2.75) is 6.61 Å². The van der Waals surface area contributed by atoms with E-state index < -0.39 is 0 Å². The van der Waals surface area contributed by atoms with Gasteiger partial charge in [-0.05, 0) is 0 Å². The van der Waals surface area contributed by atoms with Gasteiger partial charge in [-0.25, -0.2) is 0 Å². The molecule has 0 atom stereocenters. The van der Waals surface area contributed by atoms with Crippen molar-refractivity contribution in [1.29, 1.82) is 0 Å². The van der Waals surface area contributed by atoms with Gasteiger partial charge >= 0.3 is 0 Å². The van der Waals surface area contributed by atoms with Crippen LogP contribution in [0, 0.1) is 0 Å². The standard InChI is InChI=1S/C3H4N2OS/c6-1-3-5-4-2-7-3/h2,6H,1H2. The molecule has 1 rings (SSSR count). The zero-order chi connectivity index (χ0) is 5.11. The second-order valence-corrected chi connectivity index (χ2v) is 1.91. The first kappa shape index (κ1) is 4.67. The van der Waals surface area contributed by atoms with Crippen LogP contribution in [0.1, 0.15) is 5.01 Å². The van der Waals surface area contributed by atoms with Gasteiger partial charge in [0.1, 0.15) is 10.5 Å². The maximum Gasteiger partial charge on any atom is 0.142 e. The molecule has 4 heteroatoms. The van der Waals surface area contributed by atoms with E-state index >= 15 is 0 Å². The number of hydrogen-bond acceptors (Lipinski definition) is 4. The van der Waals surface area contributed by atoms with E-state index in [1.54, 1.807) is 5.51 Å². The Morgan fingerprint density at radius 3 is 3.00 bits per heavy atom. The van der Waals surface area contributed by atoms with Gasteiger partial charge in [0.05, 0.1) is 6.61 Å². The van der Waals surface area contributed by atoms with Crippen LogP contribution in [-0.4, -0.2) is 15.3 Å². The van der Waals surface area contributed by atoms with Crippen LogP contribution in [0.5, 0.6) is 0 Å². The third kappa shape index (κ3) is 0.942. The summed E-state index contributed by atoms with van der Waals surface area (Å²) in [6.45, 7) is 0.00463. The van der Waals surface area contributed by atoms with E-state index in [2.05, 4.69) is 10.2 Å². The SMILES string of the molecule is OCc1nncs1. The van der Waals surface area contributed by atoms with Gasteiger partial charge in [0.15, 0.2) is 0 Å². The molecule has 0 bridgehead atoms. The van der Waals surface area contributed by atoms with E-state index in [0.717, 1.165) is 0 Å². The Kier molecular flexibility index (Phi) is 1.33. The number of aliphatic hydroxyl groups excluding tert-OH is 1. The molecule has 1 heterocycles. The molecule has 0 aliphatic rings. The molecule has 0 aliphatic carbocycles. The van der Waals surface area contributed by atoms with Crippen molar-refractivity contribution in [3.8, 4) is 0 Å². The molecule has 0 aliphatic heterocycles. The molecule has 0 aromatic carbocycles. The van der Waals surface area contributed by atoms with E-state index in [1.165, 1.54) is 11.3 Å². The van der Waals surface area contributed by atoms with Crippen molar-refractivity contribution in [2.24, 2.45) is 0 Å². The maximum atomic E-state index is 8.33. The molecule has 1 N–H and O–H groups in total. The minimum absolute atomic E-state index is 0.00463. The molecule has 0 unspecified atom stereocenters. The minimum Gasteiger partial charge on any atom is -0.389 e. The van der Waals surface area contributed by atoms with Crippen LogP contribution in [0.25, 0.3) is 0 Å². The summed E-state index contributed by atoms with van der Waals surface area (Å²) in [5, 5.41) is 16.1. The van der Waals surface area contributed by atoms with E-state index in [-0.39, 0.29) is 6.61 Å². The Morgan fingerprint density at radius 1 is 1.86 bits per heavy atom. The average molecular weight is 116 g/mol. The monoisotopic (exact) mass is 116 g/mol. The first-order chi connectivity index (χ1) is 3.43. The number of nitrogens with zero attached hydrogens (tertiary/aromatic N) is 2. The second kappa shape index (κ2) is 1.99. The van der Waals surface area contributed by atoms with Crippen molar-refractivity contribution in [3.05, 3.63) is 10.5 Å². The lowest BCUT2D eigenvalue weighted by Gasteiger charge is -1.74. The van der Waals surface area contributed by atoms with Crippen LogP contribution >= 0.6 is 11.3 Å². The molecule has 0 saturated carbocycles. The van der Waals surface area contributed by atoms with Crippen LogP contribution in [0.2, 0.25) is 0 Å². The van der Waals surface area contributed by atoms with Crippen LogP contribution in [0.3, 0.4) is 0 Å². The van der Waals surface area contributed by atoms with Gasteiger partial charge in [0.2, 0.25) is 0 Å². The predicted octanol–water partition coefficient (Wildman–Crippen LogP) is 0.0304. The van der Waals surface area contributed by atoms with Crippen molar-refractivity contribution < 1.29 is 5.11 Å². The third-order valence-electron chi connectivity index (χ3n) is 0.540. The van der Waals surface area contributed by atoms with E-state index in [1.807, 2.05) is 0 Å². The highest BCUT2D eigenvalue weighted by atomic mass is 32.1. The zero-order valence-electron chi connectivity index (χ0n) is 3.53. The van der Waals surface area contributed by atoms with Gasteiger partial charge in [-0.15, -0.1) is 21.5 Å². The molecule has 38 valence electrons. The normalized spacial score (nSPS) is 9.29. The minimum atomic E-state index is 0.00463. The van der Waals surface area contributed by atoms with Gasteiger partial charge in [-0.1, -0.05) is 0 Å². The molecule has 0 spiro atoms. The van der Waals surface area contributed by atoms with Gasteiger partial charge < -0.3 is 5.11 Å². The Labute approximate surface area is 44.6 Å². The summed E-state index contributed by atoms with van der Waals surface area (Å²) < 4.78 is 0. The second-order valence-electron chi connectivity index (χ2n) is 0.991. The summed E-state index contributed by atoms with van der Waals surface area (Å²) in [5.74, 6) is 0. The molecule has 1 aromatic rings. The van der Waals surface area contributed by atoms with E-state index in [4.69, 9.17) is 5.11 Å². The maximum absolute atomic E-state index is 8.33. The van der Waals surface area contributed by atoms with Crippen molar-refractivity contribution in [3.63, 3.8) is 0 Å². The molecule has 7 heavy (non-hydrogen) atoms. The smallest absolute Gasteiger partial charge is 0.142 e. The number of aliphatic hydroxyl groups is 1. The molecule has 3 nitrogen and oxygen atoms in total.